The second-order valence-corrected chi connectivity index (χ2v) is 14.0. The molecule has 2 N–H and O–H groups in total. The molecule has 0 radical (unpaired) electrons. The van der Waals surface area contributed by atoms with Gasteiger partial charge >= 0.3 is 11.9 Å². The molecular formula is C41H77N3O5. The minimum Gasteiger partial charge on any atom is -0.461 e. The van der Waals surface area contributed by atoms with Crippen LogP contribution in [0, 0.1) is 5.92 Å². The van der Waals surface area contributed by atoms with Crippen molar-refractivity contribution in [1.29, 1.82) is 0 Å². The number of rotatable bonds is 36. The molecule has 8 heteroatoms. The van der Waals surface area contributed by atoms with Crippen LogP contribution in [0.25, 0.3) is 0 Å². The number of unbranched alkanes of at least 4 members (excludes halogenated alkanes) is 16. The predicted octanol–water partition coefficient (Wildman–Crippen LogP) is 9.78. The molecule has 0 rings (SSSR count). The molecule has 0 saturated carbocycles. The number of ether oxygens (including phenoxy) is 2. The highest BCUT2D eigenvalue weighted by molar-refractivity contribution is 5.76. The molecule has 0 saturated heterocycles. The highest BCUT2D eigenvalue weighted by Gasteiger charge is 2.14. The summed E-state index contributed by atoms with van der Waals surface area (Å²) >= 11 is 0. The molecule has 1 amide bonds. The van der Waals surface area contributed by atoms with E-state index in [1.54, 1.807) is 0 Å². The van der Waals surface area contributed by atoms with Crippen molar-refractivity contribution in [3.63, 3.8) is 0 Å². The van der Waals surface area contributed by atoms with Crippen molar-refractivity contribution in [1.82, 2.24) is 15.5 Å². The van der Waals surface area contributed by atoms with Crippen LogP contribution in [-0.2, 0) is 23.9 Å². The first-order chi connectivity index (χ1) is 23.9. The molecule has 0 heterocycles. The third-order valence-electron chi connectivity index (χ3n) is 8.76. The van der Waals surface area contributed by atoms with E-state index in [0.717, 1.165) is 96.6 Å². The first-order valence-corrected chi connectivity index (χ1v) is 20.1. The lowest BCUT2D eigenvalue weighted by atomic mass is 9.91. The van der Waals surface area contributed by atoms with E-state index in [4.69, 9.17) is 9.47 Å². The van der Waals surface area contributed by atoms with E-state index < -0.39 is 0 Å². The Labute approximate surface area is 302 Å². The standard InChI is InChI=1S/C41H77N3O5/c1-5-7-9-11-13-21-27-33-48-40(46)31-25-19-15-17-23-29-38(35-39(45)43-36-42-37-44(3)4)30-24-18-16-20-26-32-41(47)49-34-28-22-14-12-10-8-6-2/h21-22,27-28,38,42H,5-20,23-26,29-37H2,1-4H3,(H,43,45)/b27-21-,28-22-. The van der Waals surface area contributed by atoms with Gasteiger partial charge in [-0.2, -0.15) is 0 Å². The Morgan fingerprint density at radius 2 is 1.04 bits per heavy atom. The van der Waals surface area contributed by atoms with E-state index in [2.05, 4.69) is 36.6 Å². The molecule has 49 heavy (non-hydrogen) atoms. The Morgan fingerprint density at radius 1 is 0.592 bits per heavy atom. The van der Waals surface area contributed by atoms with Gasteiger partial charge in [0.1, 0.15) is 13.2 Å². The molecular weight excluding hydrogens is 614 g/mol. The number of amides is 1. The van der Waals surface area contributed by atoms with Crippen LogP contribution >= 0.6 is 0 Å². The fourth-order valence-electron chi connectivity index (χ4n) is 5.76. The SMILES string of the molecule is CCCCCC/C=C\COC(=O)CCCCCCCC(CCCCCCCC(=O)OC/C=C\CCCCCC)CC(=O)NCNCN(C)C. The van der Waals surface area contributed by atoms with Crippen LogP contribution in [0.2, 0.25) is 0 Å². The van der Waals surface area contributed by atoms with E-state index in [0.29, 0.717) is 45.1 Å². The number of nitrogens with zero attached hydrogens (tertiary/aromatic N) is 1. The predicted molar refractivity (Wildman–Crippen MR) is 205 cm³/mol. The fraction of sp³-hybridized carbons (Fsp3) is 0.829. The molecule has 0 bridgehead atoms. The summed E-state index contributed by atoms with van der Waals surface area (Å²) in [7, 11) is 3.99. The summed E-state index contributed by atoms with van der Waals surface area (Å²) in [6, 6.07) is 0. The molecule has 0 unspecified atom stereocenters. The molecule has 0 aromatic rings. The summed E-state index contributed by atoms with van der Waals surface area (Å²) in [4.78, 5) is 38.7. The number of hydrogen-bond acceptors (Lipinski definition) is 7. The number of carbonyl (C=O) groups is 3. The van der Waals surface area contributed by atoms with Gasteiger partial charge in [-0.1, -0.05) is 128 Å². The van der Waals surface area contributed by atoms with Crippen LogP contribution in [0.1, 0.15) is 174 Å². The second kappa shape index (κ2) is 37.1. The van der Waals surface area contributed by atoms with Gasteiger partial charge in [0.2, 0.25) is 5.91 Å². The maximum absolute atomic E-state index is 12.6. The average molecular weight is 692 g/mol. The second-order valence-electron chi connectivity index (χ2n) is 14.0. The van der Waals surface area contributed by atoms with E-state index in [-0.39, 0.29) is 17.8 Å². The van der Waals surface area contributed by atoms with Gasteiger partial charge in [0.15, 0.2) is 0 Å². The van der Waals surface area contributed by atoms with Gasteiger partial charge in [0.25, 0.3) is 0 Å². The zero-order chi connectivity index (χ0) is 36.0. The number of hydrogen-bond donors (Lipinski definition) is 2. The minimum absolute atomic E-state index is 0.0991. The smallest absolute Gasteiger partial charge is 0.306 e. The van der Waals surface area contributed by atoms with Gasteiger partial charge in [0, 0.05) is 25.9 Å². The van der Waals surface area contributed by atoms with Crippen LogP contribution in [0.15, 0.2) is 24.3 Å². The fourth-order valence-corrected chi connectivity index (χ4v) is 5.76. The maximum atomic E-state index is 12.6. The normalized spacial score (nSPS) is 11.7. The van der Waals surface area contributed by atoms with Crippen molar-refractivity contribution < 1.29 is 23.9 Å². The number of carbonyl (C=O) groups excluding carboxylic acids is 3. The summed E-state index contributed by atoms with van der Waals surface area (Å²) in [6.45, 7) is 6.42. The van der Waals surface area contributed by atoms with E-state index in [1.807, 2.05) is 31.1 Å². The number of esters is 2. The van der Waals surface area contributed by atoms with Crippen molar-refractivity contribution in [3.8, 4) is 0 Å². The molecule has 286 valence electrons. The van der Waals surface area contributed by atoms with Gasteiger partial charge < -0.3 is 14.8 Å². The quantitative estimate of drug-likeness (QED) is 0.0292. The van der Waals surface area contributed by atoms with Crippen LogP contribution < -0.4 is 10.6 Å². The zero-order valence-electron chi connectivity index (χ0n) is 32.4. The van der Waals surface area contributed by atoms with Crippen molar-refractivity contribution >= 4 is 17.8 Å². The third kappa shape index (κ3) is 36.9. The third-order valence-corrected chi connectivity index (χ3v) is 8.76. The van der Waals surface area contributed by atoms with Gasteiger partial charge in [-0.25, -0.2) is 0 Å². The highest BCUT2D eigenvalue weighted by atomic mass is 16.5. The molecule has 0 aromatic heterocycles. The molecule has 0 aliphatic heterocycles. The van der Waals surface area contributed by atoms with Crippen LogP contribution in [0.3, 0.4) is 0 Å². The summed E-state index contributed by atoms with van der Waals surface area (Å²) < 4.78 is 10.7. The molecule has 0 fully saturated rings. The maximum Gasteiger partial charge on any atom is 0.306 e. The average Bonchev–Trinajstić information content (AvgIpc) is 3.07. The van der Waals surface area contributed by atoms with Gasteiger partial charge in [0.05, 0.1) is 6.67 Å². The Hall–Kier alpha value is -2.19. The Bertz CT molecular complexity index is 778. The van der Waals surface area contributed by atoms with Crippen molar-refractivity contribution in [2.75, 3.05) is 40.6 Å². The summed E-state index contributed by atoms with van der Waals surface area (Å²) in [6.07, 6.45) is 34.5. The van der Waals surface area contributed by atoms with Crippen LogP contribution in [0.4, 0.5) is 0 Å². The number of allylic oxidation sites excluding steroid dienone is 2. The van der Waals surface area contributed by atoms with E-state index in [1.165, 1.54) is 51.4 Å². The first-order valence-electron chi connectivity index (χ1n) is 20.1. The summed E-state index contributed by atoms with van der Waals surface area (Å²) in [5.74, 6) is 0.306. The van der Waals surface area contributed by atoms with Gasteiger partial charge in [-0.15, -0.1) is 0 Å². The van der Waals surface area contributed by atoms with E-state index >= 15 is 0 Å². The highest BCUT2D eigenvalue weighted by Crippen LogP contribution is 2.22. The van der Waals surface area contributed by atoms with Crippen LogP contribution in [0.5, 0.6) is 0 Å². The lowest BCUT2D eigenvalue weighted by Gasteiger charge is -2.17. The first kappa shape index (κ1) is 46.8. The Morgan fingerprint density at radius 3 is 1.51 bits per heavy atom. The van der Waals surface area contributed by atoms with Crippen molar-refractivity contribution in [2.45, 2.75) is 174 Å². The van der Waals surface area contributed by atoms with Gasteiger partial charge in [-0.05, 0) is 71.4 Å². The van der Waals surface area contributed by atoms with Crippen molar-refractivity contribution in [3.05, 3.63) is 24.3 Å². The molecule has 8 nitrogen and oxygen atoms in total. The molecule has 0 atom stereocenters. The Balaban J connectivity index is 4.16. The summed E-state index contributed by atoms with van der Waals surface area (Å²) in [5, 5.41) is 6.24. The van der Waals surface area contributed by atoms with E-state index in [9.17, 15) is 14.4 Å². The monoisotopic (exact) mass is 692 g/mol. The molecule has 0 aliphatic carbocycles. The van der Waals surface area contributed by atoms with Gasteiger partial charge in [-0.3, -0.25) is 24.6 Å². The Kier molecular flexibility index (Phi) is 35.4. The topological polar surface area (TPSA) is 97.0 Å². The lowest BCUT2D eigenvalue weighted by Crippen LogP contribution is -2.38. The van der Waals surface area contributed by atoms with Crippen molar-refractivity contribution in [2.24, 2.45) is 5.92 Å². The summed E-state index contributed by atoms with van der Waals surface area (Å²) in [5.41, 5.74) is 0. The van der Waals surface area contributed by atoms with Crippen LogP contribution in [-0.4, -0.2) is 63.4 Å². The molecule has 0 aliphatic rings. The number of nitrogens with one attached hydrogen (secondary N) is 2. The lowest BCUT2D eigenvalue weighted by molar-refractivity contribution is -0.143. The minimum atomic E-state index is -0.0991. The molecule has 0 aromatic carbocycles. The largest absolute Gasteiger partial charge is 0.461 e. The zero-order valence-corrected chi connectivity index (χ0v) is 32.4. The molecule has 0 spiro atoms.